The minimum absolute atomic E-state index is 0.0752. The van der Waals surface area contributed by atoms with Gasteiger partial charge in [-0.05, 0) is 29.8 Å². The Kier molecular flexibility index (Phi) is 5.12. The first-order valence-corrected chi connectivity index (χ1v) is 8.30. The van der Waals surface area contributed by atoms with E-state index in [0.29, 0.717) is 5.69 Å². The minimum Gasteiger partial charge on any atom is -0.326 e. The first-order valence-electron chi connectivity index (χ1n) is 6.86. The maximum atomic E-state index is 13.5. The third kappa shape index (κ3) is 4.14. The van der Waals surface area contributed by atoms with Crippen LogP contribution in [0.25, 0.3) is 0 Å². The summed E-state index contributed by atoms with van der Waals surface area (Å²) >= 11 is 0. The highest BCUT2D eigenvalue weighted by Gasteiger charge is 2.17. The number of nitrogens with zero attached hydrogens (tertiary/aromatic N) is 1. The number of anilines is 1. The lowest BCUT2D eigenvalue weighted by Crippen LogP contribution is -2.22. The molecule has 2 aromatic carbocycles. The van der Waals surface area contributed by atoms with E-state index < -0.39 is 21.7 Å². The molecule has 7 heteroatoms. The molecule has 0 fully saturated rings. The summed E-state index contributed by atoms with van der Waals surface area (Å²) in [6.45, 7) is 0. The van der Waals surface area contributed by atoms with E-state index in [9.17, 15) is 17.6 Å². The number of rotatable bonds is 5. The van der Waals surface area contributed by atoms with E-state index in [0.717, 1.165) is 4.31 Å². The van der Waals surface area contributed by atoms with Crippen molar-refractivity contribution in [1.29, 1.82) is 0 Å². The molecule has 2 rings (SSSR count). The van der Waals surface area contributed by atoms with E-state index in [2.05, 4.69) is 5.32 Å². The molecule has 0 unspecified atom stereocenters. The Morgan fingerprint density at radius 1 is 1.13 bits per heavy atom. The molecule has 0 aliphatic heterocycles. The Morgan fingerprint density at radius 3 is 2.48 bits per heavy atom. The van der Waals surface area contributed by atoms with Gasteiger partial charge in [0.05, 0.1) is 11.3 Å². The molecule has 0 aromatic heterocycles. The van der Waals surface area contributed by atoms with Crippen molar-refractivity contribution >= 4 is 21.6 Å². The fourth-order valence-corrected chi connectivity index (χ4v) is 2.91. The fourth-order valence-electron chi connectivity index (χ4n) is 1.97. The molecule has 1 N–H and O–H groups in total. The molecule has 23 heavy (non-hydrogen) atoms. The monoisotopic (exact) mass is 336 g/mol. The predicted octanol–water partition coefficient (Wildman–Crippen LogP) is 2.26. The van der Waals surface area contributed by atoms with Crippen molar-refractivity contribution in [2.24, 2.45) is 0 Å². The lowest BCUT2D eigenvalue weighted by atomic mass is 10.1. The first kappa shape index (κ1) is 17.1. The van der Waals surface area contributed by atoms with Gasteiger partial charge in [0.2, 0.25) is 15.9 Å². The maximum Gasteiger partial charge on any atom is 0.242 e. The highest BCUT2D eigenvalue weighted by Crippen LogP contribution is 2.18. The van der Waals surface area contributed by atoms with Gasteiger partial charge in [-0.3, -0.25) is 4.79 Å². The topological polar surface area (TPSA) is 66.5 Å². The Hall–Kier alpha value is -2.25. The Morgan fingerprint density at radius 2 is 1.83 bits per heavy atom. The quantitative estimate of drug-likeness (QED) is 0.911. The van der Waals surface area contributed by atoms with Crippen molar-refractivity contribution < 1.29 is 17.6 Å². The average Bonchev–Trinajstić information content (AvgIpc) is 2.49. The summed E-state index contributed by atoms with van der Waals surface area (Å²) in [6, 6.07) is 11.9. The number of carbonyl (C=O) groups excluding carboxylic acids is 1. The van der Waals surface area contributed by atoms with Crippen LogP contribution in [-0.4, -0.2) is 32.7 Å². The lowest BCUT2D eigenvalue weighted by molar-refractivity contribution is -0.115. The highest BCUT2D eigenvalue weighted by molar-refractivity contribution is 7.89. The van der Waals surface area contributed by atoms with Crippen molar-refractivity contribution in [2.75, 3.05) is 19.4 Å². The summed E-state index contributed by atoms with van der Waals surface area (Å²) in [6.07, 6.45) is -0.128. The van der Waals surface area contributed by atoms with Gasteiger partial charge < -0.3 is 5.32 Å². The second-order valence-electron chi connectivity index (χ2n) is 5.13. The summed E-state index contributed by atoms with van der Waals surface area (Å²) in [7, 11) is -0.720. The van der Waals surface area contributed by atoms with E-state index in [4.69, 9.17) is 0 Å². The van der Waals surface area contributed by atoms with Gasteiger partial charge in [0, 0.05) is 19.8 Å². The minimum atomic E-state index is -3.58. The van der Waals surface area contributed by atoms with Gasteiger partial charge in [0.15, 0.2) is 0 Å². The molecular formula is C16H17FN2O3S. The smallest absolute Gasteiger partial charge is 0.242 e. The van der Waals surface area contributed by atoms with Crippen LogP contribution in [0.2, 0.25) is 0 Å². The molecule has 0 bridgehead atoms. The zero-order valence-corrected chi connectivity index (χ0v) is 13.6. The number of hydrogen-bond acceptors (Lipinski definition) is 3. The van der Waals surface area contributed by atoms with Gasteiger partial charge in [-0.15, -0.1) is 0 Å². The maximum absolute atomic E-state index is 13.5. The summed E-state index contributed by atoms with van der Waals surface area (Å²) in [5, 5.41) is 2.58. The normalized spacial score (nSPS) is 11.5. The Labute approximate surface area is 134 Å². The zero-order chi connectivity index (χ0) is 17.0. The molecular weight excluding hydrogens is 319 g/mol. The molecule has 0 saturated heterocycles. The van der Waals surface area contributed by atoms with Crippen molar-refractivity contribution in [3.63, 3.8) is 0 Å². The van der Waals surface area contributed by atoms with E-state index in [1.54, 1.807) is 18.2 Å². The lowest BCUT2D eigenvalue weighted by Gasteiger charge is -2.12. The predicted molar refractivity (Wildman–Crippen MR) is 86.0 cm³/mol. The molecule has 0 heterocycles. The highest BCUT2D eigenvalue weighted by atomic mass is 32.2. The number of benzene rings is 2. The van der Waals surface area contributed by atoms with Crippen molar-refractivity contribution in [3.05, 3.63) is 59.9 Å². The average molecular weight is 336 g/mol. The molecule has 0 aliphatic carbocycles. The molecule has 122 valence electrons. The molecule has 2 aromatic rings. The van der Waals surface area contributed by atoms with Crippen molar-refractivity contribution in [1.82, 2.24) is 4.31 Å². The fraction of sp³-hybridized carbons (Fsp3) is 0.188. The van der Waals surface area contributed by atoms with Gasteiger partial charge in [-0.2, -0.15) is 0 Å². The molecule has 5 nitrogen and oxygen atoms in total. The number of carbonyl (C=O) groups is 1. The van der Waals surface area contributed by atoms with Crippen LogP contribution >= 0.6 is 0 Å². The molecule has 0 spiro atoms. The number of hydrogen-bond donors (Lipinski definition) is 1. The third-order valence-electron chi connectivity index (χ3n) is 3.21. The number of sulfonamides is 1. The summed E-state index contributed by atoms with van der Waals surface area (Å²) in [5.74, 6) is -0.874. The van der Waals surface area contributed by atoms with E-state index in [1.165, 1.54) is 44.4 Å². The molecule has 0 saturated carbocycles. The molecule has 0 aliphatic rings. The van der Waals surface area contributed by atoms with Crippen LogP contribution < -0.4 is 5.32 Å². The van der Waals surface area contributed by atoms with E-state index in [1.807, 2.05) is 0 Å². The van der Waals surface area contributed by atoms with Crippen LogP contribution in [0.15, 0.2) is 53.4 Å². The Balaban J connectivity index is 2.15. The van der Waals surface area contributed by atoms with Crippen LogP contribution in [0, 0.1) is 5.82 Å². The van der Waals surface area contributed by atoms with E-state index >= 15 is 0 Å². The van der Waals surface area contributed by atoms with Gasteiger partial charge in [-0.25, -0.2) is 17.1 Å². The van der Waals surface area contributed by atoms with Crippen molar-refractivity contribution in [2.45, 2.75) is 11.3 Å². The number of halogens is 1. The van der Waals surface area contributed by atoms with Crippen LogP contribution in [0.4, 0.5) is 10.1 Å². The second-order valence-corrected chi connectivity index (χ2v) is 7.28. The molecule has 0 radical (unpaired) electrons. The molecule has 1 amide bonds. The molecule has 0 atom stereocenters. The van der Waals surface area contributed by atoms with Crippen LogP contribution in [0.3, 0.4) is 0 Å². The summed E-state index contributed by atoms with van der Waals surface area (Å²) in [5.41, 5.74) is 0.622. The van der Waals surface area contributed by atoms with E-state index in [-0.39, 0.29) is 16.9 Å². The SMILES string of the molecule is CN(C)S(=O)(=O)c1cccc(NC(=O)Cc2ccccc2F)c1. The van der Waals surface area contributed by atoms with Gasteiger partial charge >= 0.3 is 0 Å². The van der Waals surface area contributed by atoms with Crippen molar-refractivity contribution in [3.8, 4) is 0 Å². The Bertz CT molecular complexity index is 820. The summed E-state index contributed by atoms with van der Waals surface area (Å²) in [4.78, 5) is 12.1. The largest absolute Gasteiger partial charge is 0.326 e. The number of amides is 1. The first-order chi connectivity index (χ1) is 10.8. The van der Waals surface area contributed by atoms with Crippen LogP contribution in [0.5, 0.6) is 0 Å². The summed E-state index contributed by atoms with van der Waals surface area (Å²) < 4.78 is 38.8. The third-order valence-corrected chi connectivity index (χ3v) is 5.02. The number of nitrogens with one attached hydrogen (secondary N) is 1. The van der Waals surface area contributed by atoms with Gasteiger partial charge in [-0.1, -0.05) is 24.3 Å². The second kappa shape index (κ2) is 6.89. The van der Waals surface area contributed by atoms with Gasteiger partial charge in [0.25, 0.3) is 0 Å². The standard InChI is InChI=1S/C16H17FN2O3S/c1-19(2)23(21,22)14-8-5-7-13(11-14)18-16(20)10-12-6-3-4-9-15(12)17/h3-9,11H,10H2,1-2H3,(H,18,20). The van der Waals surface area contributed by atoms with Crippen LogP contribution in [0.1, 0.15) is 5.56 Å². The zero-order valence-electron chi connectivity index (χ0n) is 12.8. The van der Waals surface area contributed by atoms with Crippen LogP contribution in [-0.2, 0) is 21.2 Å². The van der Waals surface area contributed by atoms with Gasteiger partial charge in [0.1, 0.15) is 5.82 Å².